The highest BCUT2D eigenvalue weighted by Gasteiger charge is 2.42. The summed E-state index contributed by atoms with van der Waals surface area (Å²) in [5.41, 5.74) is -2.22. The van der Waals surface area contributed by atoms with E-state index in [1.807, 2.05) is 0 Å². The zero-order valence-corrected chi connectivity index (χ0v) is 11.0. The molecule has 2 rings (SSSR count). The van der Waals surface area contributed by atoms with E-state index < -0.39 is 33.8 Å². The van der Waals surface area contributed by atoms with Gasteiger partial charge in [-0.1, -0.05) is 12.8 Å². The minimum absolute atomic E-state index is 0.148. The number of nitrogens with zero attached hydrogens (tertiary/aromatic N) is 1. The molecule has 1 fully saturated rings. The summed E-state index contributed by atoms with van der Waals surface area (Å²) >= 11 is 0. The number of nitro groups is 1. The highest BCUT2D eigenvalue weighted by atomic mass is 19.1. The molecule has 2 N–H and O–H groups in total. The third kappa shape index (κ3) is 2.83. The number of benzene rings is 1. The topological polar surface area (TPSA) is 110 Å². The number of rotatable bonds is 4. The van der Waals surface area contributed by atoms with Gasteiger partial charge in [-0.25, -0.2) is 4.79 Å². The molecular weight excluding hydrogens is 283 g/mol. The van der Waals surface area contributed by atoms with Crippen LogP contribution < -0.4 is 5.32 Å². The van der Waals surface area contributed by atoms with E-state index >= 15 is 0 Å². The van der Waals surface area contributed by atoms with Crippen molar-refractivity contribution < 1.29 is 24.0 Å². The highest BCUT2D eigenvalue weighted by molar-refractivity contribution is 5.98. The summed E-state index contributed by atoms with van der Waals surface area (Å²) in [5, 5.41) is 22.2. The molecule has 21 heavy (non-hydrogen) atoms. The van der Waals surface area contributed by atoms with Crippen molar-refractivity contribution in [3.05, 3.63) is 39.7 Å². The maximum Gasteiger partial charge on any atom is 0.329 e. The van der Waals surface area contributed by atoms with Crippen LogP contribution in [0.1, 0.15) is 36.0 Å². The smallest absolute Gasteiger partial charge is 0.329 e. The van der Waals surface area contributed by atoms with Gasteiger partial charge in [0.15, 0.2) is 0 Å². The second kappa shape index (κ2) is 5.47. The van der Waals surface area contributed by atoms with E-state index in [9.17, 15) is 29.2 Å². The van der Waals surface area contributed by atoms with Crippen LogP contribution in [-0.4, -0.2) is 27.4 Å². The lowest BCUT2D eigenvalue weighted by Crippen LogP contribution is -2.52. The van der Waals surface area contributed by atoms with Gasteiger partial charge in [-0.3, -0.25) is 14.9 Å². The molecule has 1 saturated carbocycles. The van der Waals surface area contributed by atoms with Crippen LogP contribution in [0.3, 0.4) is 0 Å². The number of carbonyl (C=O) groups is 2. The van der Waals surface area contributed by atoms with Crippen molar-refractivity contribution in [3.63, 3.8) is 0 Å². The van der Waals surface area contributed by atoms with E-state index in [1.165, 1.54) is 0 Å². The van der Waals surface area contributed by atoms with Crippen molar-refractivity contribution in [3.8, 4) is 0 Å². The average molecular weight is 296 g/mol. The van der Waals surface area contributed by atoms with Crippen LogP contribution in [0.4, 0.5) is 10.1 Å². The van der Waals surface area contributed by atoms with E-state index in [2.05, 4.69) is 5.32 Å². The van der Waals surface area contributed by atoms with Gasteiger partial charge < -0.3 is 10.4 Å². The lowest BCUT2D eigenvalue weighted by molar-refractivity contribution is -0.387. The van der Waals surface area contributed by atoms with Gasteiger partial charge in [0, 0.05) is 11.6 Å². The molecule has 0 spiro atoms. The van der Waals surface area contributed by atoms with Crippen LogP contribution in [0.25, 0.3) is 0 Å². The molecule has 0 bridgehead atoms. The largest absolute Gasteiger partial charge is 0.480 e. The number of carboxylic acid groups (broad SMARTS) is 1. The Kier molecular flexibility index (Phi) is 3.88. The number of amides is 1. The molecule has 1 aromatic carbocycles. The first kappa shape index (κ1) is 14.9. The number of nitrogens with one attached hydrogen (secondary N) is 1. The molecule has 7 nitrogen and oxygen atoms in total. The van der Waals surface area contributed by atoms with Crippen molar-refractivity contribution in [2.45, 2.75) is 31.2 Å². The second-order valence-corrected chi connectivity index (χ2v) is 4.97. The Morgan fingerprint density at radius 1 is 1.33 bits per heavy atom. The first-order valence-electron chi connectivity index (χ1n) is 6.35. The van der Waals surface area contributed by atoms with Gasteiger partial charge >= 0.3 is 11.7 Å². The Morgan fingerprint density at radius 2 is 1.95 bits per heavy atom. The molecule has 1 aliphatic carbocycles. The van der Waals surface area contributed by atoms with Gasteiger partial charge in [0.2, 0.25) is 5.82 Å². The Labute approximate surface area is 118 Å². The normalized spacial score (nSPS) is 16.4. The number of halogens is 1. The van der Waals surface area contributed by atoms with Gasteiger partial charge in [0.05, 0.1) is 4.92 Å². The van der Waals surface area contributed by atoms with Crippen molar-refractivity contribution in [1.82, 2.24) is 5.32 Å². The monoisotopic (exact) mass is 296 g/mol. The predicted octanol–water partition coefficient (Wildman–Crippen LogP) is 1.86. The summed E-state index contributed by atoms with van der Waals surface area (Å²) < 4.78 is 13.5. The van der Waals surface area contributed by atoms with E-state index in [0.29, 0.717) is 25.7 Å². The molecule has 0 aromatic heterocycles. The summed E-state index contributed by atoms with van der Waals surface area (Å²) in [5.74, 6) is -3.02. The fraction of sp³-hybridized carbons (Fsp3) is 0.385. The molecular formula is C13H13FN2O5. The SMILES string of the molecule is O=C(NC1(C(=O)O)CCCC1)c1ccc([N+](=O)[O-])c(F)c1. The van der Waals surface area contributed by atoms with Gasteiger partial charge in [0.25, 0.3) is 5.91 Å². The Morgan fingerprint density at radius 3 is 2.43 bits per heavy atom. The summed E-state index contributed by atoms with van der Waals surface area (Å²) in [4.78, 5) is 33.0. The zero-order valence-electron chi connectivity index (χ0n) is 11.0. The fourth-order valence-corrected chi connectivity index (χ4v) is 2.46. The third-order valence-electron chi connectivity index (χ3n) is 3.63. The summed E-state index contributed by atoms with van der Waals surface area (Å²) in [6, 6.07) is 2.71. The van der Waals surface area contributed by atoms with Gasteiger partial charge in [0.1, 0.15) is 5.54 Å². The number of aliphatic carboxylic acids is 1. The maximum absolute atomic E-state index is 13.5. The molecule has 0 atom stereocenters. The van der Waals surface area contributed by atoms with Gasteiger partial charge in [-0.15, -0.1) is 0 Å². The van der Waals surface area contributed by atoms with Crippen molar-refractivity contribution in [1.29, 1.82) is 0 Å². The average Bonchev–Trinajstić information content (AvgIpc) is 2.88. The van der Waals surface area contributed by atoms with Crippen LogP contribution in [0, 0.1) is 15.9 Å². The van der Waals surface area contributed by atoms with Crippen molar-refractivity contribution in [2.75, 3.05) is 0 Å². The van der Waals surface area contributed by atoms with Crippen molar-refractivity contribution >= 4 is 17.6 Å². The first-order valence-corrected chi connectivity index (χ1v) is 6.35. The predicted molar refractivity (Wildman–Crippen MR) is 69.4 cm³/mol. The van der Waals surface area contributed by atoms with Crippen LogP contribution in [0.5, 0.6) is 0 Å². The van der Waals surface area contributed by atoms with E-state index in [0.717, 1.165) is 18.2 Å². The molecule has 0 radical (unpaired) electrons. The summed E-state index contributed by atoms with van der Waals surface area (Å²) in [6.07, 6.45) is 1.98. The quantitative estimate of drug-likeness (QED) is 0.651. The van der Waals surface area contributed by atoms with E-state index in [1.54, 1.807) is 0 Å². The lowest BCUT2D eigenvalue weighted by atomic mass is 9.97. The Balaban J connectivity index is 2.22. The van der Waals surface area contributed by atoms with Crippen molar-refractivity contribution in [2.24, 2.45) is 0 Å². The van der Waals surface area contributed by atoms with E-state index in [-0.39, 0.29) is 5.56 Å². The number of carbonyl (C=O) groups excluding carboxylic acids is 1. The van der Waals surface area contributed by atoms with Crippen LogP contribution >= 0.6 is 0 Å². The zero-order chi connectivity index (χ0) is 15.6. The van der Waals surface area contributed by atoms with E-state index in [4.69, 9.17) is 0 Å². The minimum Gasteiger partial charge on any atom is -0.480 e. The minimum atomic E-state index is -1.34. The lowest BCUT2D eigenvalue weighted by Gasteiger charge is -2.25. The Bertz CT molecular complexity index is 611. The van der Waals surface area contributed by atoms with Crippen LogP contribution in [0.15, 0.2) is 18.2 Å². The molecule has 1 aromatic rings. The van der Waals surface area contributed by atoms with Gasteiger partial charge in [-0.05, 0) is 25.0 Å². The van der Waals surface area contributed by atoms with Crippen LogP contribution in [0.2, 0.25) is 0 Å². The van der Waals surface area contributed by atoms with Crippen LogP contribution in [-0.2, 0) is 4.79 Å². The molecule has 8 heteroatoms. The molecule has 1 amide bonds. The van der Waals surface area contributed by atoms with Gasteiger partial charge in [-0.2, -0.15) is 4.39 Å². The molecule has 0 unspecified atom stereocenters. The maximum atomic E-state index is 13.5. The second-order valence-electron chi connectivity index (χ2n) is 4.97. The summed E-state index contributed by atoms with van der Waals surface area (Å²) in [6.45, 7) is 0. The number of carboxylic acids is 1. The molecule has 0 saturated heterocycles. The number of hydrogen-bond acceptors (Lipinski definition) is 4. The molecule has 0 aliphatic heterocycles. The number of nitro benzene ring substituents is 1. The number of hydrogen-bond donors (Lipinski definition) is 2. The highest BCUT2D eigenvalue weighted by Crippen LogP contribution is 2.30. The standard InChI is InChI=1S/C13H13FN2O5/c14-9-7-8(3-4-10(9)16(20)21)11(17)15-13(12(18)19)5-1-2-6-13/h3-4,7H,1-2,5-6H2,(H,15,17)(H,18,19). The Hall–Kier alpha value is -2.51. The third-order valence-corrected chi connectivity index (χ3v) is 3.63. The molecule has 112 valence electrons. The molecule has 1 aliphatic rings. The fourth-order valence-electron chi connectivity index (χ4n) is 2.46. The first-order chi connectivity index (χ1) is 9.85. The summed E-state index contributed by atoms with van der Waals surface area (Å²) in [7, 11) is 0. The molecule has 0 heterocycles.